The van der Waals surface area contributed by atoms with Crippen LogP contribution in [0.5, 0.6) is 0 Å². The van der Waals surface area contributed by atoms with Crippen molar-refractivity contribution in [2.75, 3.05) is 7.11 Å². The molecule has 1 aliphatic rings. The number of hydrogen-bond acceptors (Lipinski definition) is 3. The van der Waals surface area contributed by atoms with Crippen molar-refractivity contribution in [3.63, 3.8) is 0 Å². The summed E-state index contributed by atoms with van der Waals surface area (Å²) in [4.78, 5) is 11.6. The molecular formula is C12H13ClFNO2. The Balaban J connectivity index is 2.23. The lowest BCUT2D eigenvalue weighted by Crippen LogP contribution is -2.31. The van der Waals surface area contributed by atoms with Crippen molar-refractivity contribution >= 4 is 17.6 Å². The molecule has 0 spiro atoms. The van der Waals surface area contributed by atoms with Crippen LogP contribution in [-0.4, -0.2) is 19.1 Å². The fraction of sp³-hybridized carbons (Fsp3) is 0.417. The van der Waals surface area contributed by atoms with Gasteiger partial charge in [0, 0.05) is 6.04 Å². The lowest BCUT2D eigenvalue weighted by molar-refractivity contribution is -0.143. The van der Waals surface area contributed by atoms with Crippen molar-refractivity contribution in [3.8, 4) is 0 Å². The molecule has 1 N–H and O–H groups in total. The lowest BCUT2D eigenvalue weighted by atomic mass is 10.1. The molecule has 0 amide bonds. The molecule has 1 saturated carbocycles. The summed E-state index contributed by atoms with van der Waals surface area (Å²) in [6, 6.07) is 4.02. The Labute approximate surface area is 104 Å². The first-order valence-corrected chi connectivity index (χ1v) is 5.78. The van der Waals surface area contributed by atoms with Gasteiger partial charge in [0.2, 0.25) is 0 Å². The van der Waals surface area contributed by atoms with Gasteiger partial charge in [0.1, 0.15) is 11.9 Å². The largest absolute Gasteiger partial charge is 0.468 e. The van der Waals surface area contributed by atoms with Gasteiger partial charge in [-0.1, -0.05) is 17.7 Å². The number of rotatable bonds is 4. The highest BCUT2D eigenvalue weighted by molar-refractivity contribution is 6.30. The van der Waals surface area contributed by atoms with E-state index in [1.165, 1.54) is 19.2 Å². The molecule has 5 heteroatoms. The maximum absolute atomic E-state index is 13.3. The number of nitrogens with one attached hydrogen (secondary N) is 1. The van der Waals surface area contributed by atoms with E-state index in [1.54, 1.807) is 6.07 Å². The maximum atomic E-state index is 13.3. The standard InChI is InChI=1S/C12H13ClFNO2/c1-17-12(16)11(15-8-3-4-8)7-2-5-9(13)10(14)6-7/h2,5-6,8,11,15H,3-4H2,1H3. The third-order valence-corrected chi connectivity index (χ3v) is 3.00. The molecule has 1 aliphatic carbocycles. The summed E-state index contributed by atoms with van der Waals surface area (Å²) in [5.74, 6) is -0.950. The summed E-state index contributed by atoms with van der Waals surface area (Å²) >= 11 is 5.61. The Morgan fingerprint density at radius 2 is 2.29 bits per heavy atom. The Bertz CT molecular complexity index is 435. The van der Waals surface area contributed by atoms with Gasteiger partial charge in [-0.15, -0.1) is 0 Å². The Hall–Kier alpha value is -1.13. The van der Waals surface area contributed by atoms with Crippen LogP contribution in [0.1, 0.15) is 24.4 Å². The zero-order valence-electron chi connectivity index (χ0n) is 9.37. The molecule has 0 radical (unpaired) electrons. The Morgan fingerprint density at radius 1 is 1.59 bits per heavy atom. The predicted octanol–water partition coefficient (Wildman–Crippen LogP) is 2.45. The van der Waals surface area contributed by atoms with Gasteiger partial charge >= 0.3 is 5.97 Å². The van der Waals surface area contributed by atoms with E-state index < -0.39 is 17.8 Å². The highest BCUT2D eigenvalue weighted by Gasteiger charge is 2.30. The van der Waals surface area contributed by atoms with E-state index in [2.05, 4.69) is 5.32 Å². The minimum Gasteiger partial charge on any atom is -0.468 e. The number of carbonyl (C=O) groups is 1. The van der Waals surface area contributed by atoms with E-state index in [0.29, 0.717) is 11.6 Å². The highest BCUT2D eigenvalue weighted by atomic mass is 35.5. The number of carbonyl (C=O) groups excluding carboxylic acids is 1. The molecule has 0 saturated heterocycles. The maximum Gasteiger partial charge on any atom is 0.327 e. The zero-order valence-corrected chi connectivity index (χ0v) is 10.1. The van der Waals surface area contributed by atoms with Crippen LogP contribution in [0.25, 0.3) is 0 Å². The first-order chi connectivity index (χ1) is 8.11. The number of hydrogen-bond donors (Lipinski definition) is 1. The zero-order chi connectivity index (χ0) is 12.4. The van der Waals surface area contributed by atoms with Crippen molar-refractivity contribution in [1.82, 2.24) is 5.32 Å². The van der Waals surface area contributed by atoms with Crippen molar-refractivity contribution in [2.45, 2.75) is 24.9 Å². The molecule has 0 aromatic heterocycles. The van der Waals surface area contributed by atoms with Crippen LogP contribution in [0, 0.1) is 5.82 Å². The van der Waals surface area contributed by atoms with Crippen LogP contribution >= 0.6 is 11.6 Å². The van der Waals surface area contributed by atoms with Crippen LogP contribution < -0.4 is 5.32 Å². The van der Waals surface area contributed by atoms with E-state index in [4.69, 9.17) is 16.3 Å². The monoisotopic (exact) mass is 257 g/mol. The van der Waals surface area contributed by atoms with Gasteiger partial charge < -0.3 is 4.74 Å². The molecular weight excluding hydrogens is 245 g/mol. The van der Waals surface area contributed by atoms with Gasteiger partial charge in [-0.05, 0) is 30.5 Å². The van der Waals surface area contributed by atoms with E-state index >= 15 is 0 Å². The number of methoxy groups -OCH3 is 1. The summed E-state index contributed by atoms with van der Waals surface area (Å²) in [5, 5.41) is 3.17. The minimum atomic E-state index is -0.626. The molecule has 1 unspecified atom stereocenters. The number of halogens is 2. The molecule has 17 heavy (non-hydrogen) atoms. The Kier molecular flexibility index (Phi) is 3.64. The summed E-state index contributed by atoms with van der Waals surface area (Å²) in [5.41, 5.74) is 0.533. The second-order valence-electron chi connectivity index (χ2n) is 4.07. The summed E-state index contributed by atoms with van der Waals surface area (Å²) in [6.45, 7) is 0. The molecule has 0 heterocycles. The third kappa shape index (κ3) is 2.96. The second-order valence-corrected chi connectivity index (χ2v) is 4.48. The third-order valence-electron chi connectivity index (χ3n) is 2.69. The molecule has 2 rings (SSSR count). The molecule has 1 fully saturated rings. The SMILES string of the molecule is COC(=O)C(NC1CC1)c1ccc(Cl)c(F)c1. The van der Waals surface area contributed by atoms with Crippen LogP contribution in [0.15, 0.2) is 18.2 Å². The fourth-order valence-corrected chi connectivity index (χ4v) is 1.71. The second kappa shape index (κ2) is 5.02. The van der Waals surface area contributed by atoms with E-state index in [0.717, 1.165) is 12.8 Å². The van der Waals surface area contributed by atoms with E-state index in [9.17, 15) is 9.18 Å². The van der Waals surface area contributed by atoms with Crippen molar-refractivity contribution in [2.24, 2.45) is 0 Å². The van der Waals surface area contributed by atoms with E-state index in [1.807, 2.05) is 0 Å². The first-order valence-electron chi connectivity index (χ1n) is 5.40. The quantitative estimate of drug-likeness (QED) is 0.842. The molecule has 1 atom stereocenters. The van der Waals surface area contributed by atoms with Crippen LogP contribution in [-0.2, 0) is 9.53 Å². The van der Waals surface area contributed by atoms with Crippen LogP contribution in [0.2, 0.25) is 5.02 Å². The summed E-state index contributed by atoms with van der Waals surface area (Å²) in [6.07, 6.45) is 2.06. The first kappa shape index (κ1) is 12.3. The highest BCUT2D eigenvalue weighted by Crippen LogP contribution is 2.26. The topological polar surface area (TPSA) is 38.3 Å². The number of ether oxygens (including phenoxy) is 1. The minimum absolute atomic E-state index is 0.0452. The van der Waals surface area contributed by atoms with Gasteiger partial charge in [-0.25, -0.2) is 9.18 Å². The van der Waals surface area contributed by atoms with Gasteiger partial charge in [0.25, 0.3) is 0 Å². The molecule has 92 valence electrons. The van der Waals surface area contributed by atoms with Crippen molar-refractivity contribution in [1.29, 1.82) is 0 Å². The van der Waals surface area contributed by atoms with Gasteiger partial charge in [0.15, 0.2) is 0 Å². The van der Waals surface area contributed by atoms with Crippen molar-refractivity contribution < 1.29 is 13.9 Å². The summed E-state index contributed by atoms with van der Waals surface area (Å²) in [7, 11) is 1.32. The number of benzene rings is 1. The smallest absolute Gasteiger partial charge is 0.327 e. The average molecular weight is 258 g/mol. The van der Waals surface area contributed by atoms with Gasteiger partial charge in [-0.3, -0.25) is 5.32 Å². The molecule has 1 aromatic rings. The summed E-state index contributed by atoms with van der Waals surface area (Å²) < 4.78 is 18.1. The Morgan fingerprint density at radius 3 is 2.82 bits per heavy atom. The normalized spacial score (nSPS) is 16.6. The molecule has 0 aliphatic heterocycles. The number of esters is 1. The van der Waals surface area contributed by atoms with Gasteiger partial charge in [-0.2, -0.15) is 0 Å². The molecule has 1 aromatic carbocycles. The van der Waals surface area contributed by atoms with Crippen LogP contribution in [0.4, 0.5) is 4.39 Å². The average Bonchev–Trinajstić information content (AvgIpc) is 3.13. The lowest BCUT2D eigenvalue weighted by Gasteiger charge is -2.16. The molecule has 0 bridgehead atoms. The van der Waals surface area contributed by atoms with Gasteiger partial charge in [0.05, 0.1) is 12.1 Å². The van der Waals surface area contributed by atoms with Crippen molar-refractivity contribution in [3.05, 3.63) is 34.6 Å². The van der Waals surface area contributed by atoms with Crippen LogP contribution in [0.3, 0.4) is 0 Å². The fourth-order valence-electron chi connectivity index (χ4n) is 1.60. The van der Waals surface area contributed by atoms with E-state index in [-0.39, 0.29) is 5.02 Å². The predicted molar refractivity (Wildman–Crippen MR) is 62.3 cm³/mol. The molecule has 3 nitrogen and oxygen atoms in total.